The Morgan fingerprint density at radius 1 is 1.23 bits per heavy atom. The molecule has 1 aromatic carbocycles. The van der Waals surface area contributed by atoms with E-state index in [2.05, 4.69) is 15.3 Å². The van der Waals surface area contributed by atoms with Gasteiger partial charge in [-0.3, -0.25) is 4.79 Å². The van der Waals surface area contributed by atoms with E-state index in [-0.39, 0.29) is 17.7 Å². The van der Waals surface area contributed by atoms with Crippen LogP contribution in [0.2, 0.25) is 0 Å². The molecule has 1 amide bonds. The van der Waals surface area contributed by atoms with Crippen molar-refractivity contribution in [3.05, 3.63) is 46.6 Å². The Bertz CT molecular complexity index is 1160. The van der Waals surface area contributed by atoms with Gasteiger partial charge in [-0.15, -0.1) is 0 Å². The Balaban J connectivity index is 1.58. The molecule has 0 bridgehead atoms. The molecule has 1 aliphatic heterocycles. The largest absolute Gasteiger partial charge is 0.444 e. The summed E-state index contributed by atoms with van der Waals surface area (Å²) in [4.78, 5) is 33.6. The molecular formula is C22H25FN4O3. The van der Waals surface area contributed by atoms with Crippen molar-refractivity contribution in [3.8, 4) is 0 Å². The summed E-state index contributed by atoms with van der Waals surface area (Å²) in [6.45, 7) is 6.70. The third-order valence-electron chi connectivity index (χ3n) is 5.16. The third kappa shape index (κ3) is 4.08. The monoisotopic (exact) mass is 412 g/mol. The van der Waals surface area contributed by atoms with Crippen molar-refractivity contribution in [2.24, 2.45) is 0 Å². The minimum Gasteiger partial charge on any atom is -0.444 e. The number of H-pyrrole nitrogens is 1. The Kier molecular flexibility index (Phi) is 5.09. The number of ether oxygens (including phenoxy) is 1. The third-order valence-corrected chi connectivity index (χ3v) is 5.16. The summed E-state index contributed by atoms with van der Waals surface area (Å²) >= 11 is 0. The van der Waals surface area contributed by atoms with Gasteiger partial charge in [0.1, 0.15) is 17.2 Å². The molecule has 0 radical (unpaired) electrons. The first-order valence-electron chi connectivity index (χ1n) is 10.1. The number of likely N-dealkylation sites (tertiary alicyclic amines) is 1. The first-order valence-corrected chi connectivity index (χ1v) is 10.1. The smallest absolute Gasteiger partial charge is 0.410 e. The molecule has 0 aliphatic carbocycles. The van der Waals surface area contributed by atoms with Gasteiger partial charge in [-0.25, -0.2) is 14.2 Å². The summed E-state index contributed by atoms with van der Waals surface area (Å²) < 4.78 is 19.4. The second kappa shape index (κ2) is 7.59. The molecule has 0 saturated carbocycles. The van der Waals surface area contributed by atoms with E-state index in [0.717, 1.165) is 12.8 Å². The van der Waals surface area contributed by atoms with Crippen LogP contribution < -0.4 is 10.9 Å². The lowest BCUT2D eigenvalue weighted by Crippen LogP contribution is -2.44. The molecule has 0 spiro atoms. The van der Waals surface area contributed by atoms with Crippen LogP contribution >= 0.6 is 0 Å². The molecular weight excluding hydrogens is 387 g/mol. The highest BCUT2D eigenvalue weighted by Crippen LogP contribution is 2.29. The molecule has 2 N–H and O–H groups in total. The number of benzene rings is 1. The lowest BCUT2D eigenvalue weighted by Gasteiger charge is -2.34. The number of fused-ring (bicyclic) bond motifs is 3. The minimum absolute atomic E-state index is 0.101. The molecule has 3 aromatic rings. The van der Waals surface area contributed by atoms with Crippen LogP contribution in [-0.2, 0) is 4.74 Å². The number of amides is 1. The van der Waals surface area contributed by atoms with Crippen LogP contribution in [0.1, 0.15) is 33.6 Å². The van der Waals surface area contributed by atoms with Gasteiger partial charge in [0.15, 0.2) is 0 Å². The van der Waals surface area contributed by atoms with Crippen molar-refractivity contribution >= 4 is 33.6 Å². The number of carbonyl (C=O) groups excluding carboxylic acids is 1. The van der Waals surface area contributed by atoms with Crippen molar-refractivity contribution < 1.29 is 13.9 Å². The molecule has 8 heteroatoms. The Hall–Kier alpha value is -3.16. The van der Waals surface area contributed by atoms with E-state index >= 15 is 0 Å². The summed E-state index contributed by atoms with van der Waals surface area (Å²) in [5.41, 5.74) is -0.314. The number of carbonyl (C=O) groups is 1. The second-order valence-corrected chi connectivity index (χ2v) is 8.60. The van der Waals surface area contributed by atoms with Gasteiger partial charge < -0.3 is 19.9 Å². The topological polar surface area (TPSA) is 87.3 Å². The molecule has 0 unspecified atom stereocenters. The van der Waals surface area contributed by atoms with Gasteiger partial charge in [-0.1, -0.05) is 0 Å². The zero-order chi connectivity index (χ0) is 21.5. The van der Waals surface area contributed by atoms with Crippen LogP contribution in [0, 0.1) is 5.82 Å². The lowest BCUT2D eigenvalue weighted by molar-refractivity contribution is 0.0210. The van der Waals surface area contributed by atoms with E-state index in [9.17, 15) is 14.0 Å². The molecule has 0 atom stereocenters. The van der Waals surface area contributed by atoms with Crippen LogP contribution in [-0.4, -0.2) is 45.7 Å². The highest BCUT2D eigenvalue weighted by atomic mass is 19.1. The normalized spacial score (nSPS) is 15.5. The SMILES string of the molecule is CC(C)(C)OC(=O)N1CCC(Nc2nc3cc[nH]c(=O)c3c3cc(F)ccc23)CC1. The molecule has 30 heavy (non-hydrogen) atoms. The highest BCUT2D eigenvalue weighted by molar-refractivity contribution is 6.09. The summed E-state index contributed by atoms with van der Waals surface area (Å²) in [5.74, 6) is 0.202. The average Bonchev–Trinajstić information content (AvgIpc) is 2.67. The number of hydrogen-bond acceptors (Lipinski definition) is 5. The van der Waals surface area contributed by atoms with Crippen molar-refractivity contribution in [3.63, 3.8) is 0 Å². The maximum absolute atomic E-state index is 13.9. The van der Waals surface area contributed by atoms with E-state index in [1.54, 1.807) is 17.0 Å². The zero-order valence-electron chi connectivity index (χ0n) is 17.3. The number of aromatic amines is 1. The molecule has 4 rings (SSSR count). The number of hydrogen-bond donors (Lipinski definition) is 2. The van der Waals surface area contributed by atoms with Gasteiger partial charge in [0, 0.05) is 36.1 Å². The summed E-state index contributed by atoms with van der Waals surface area (Å²) in [6, 6.07) is 6.18. The first-order chi connectivity index (χ1) is 14.2. The minimum atomic E-state index is -0.521. The number of aromatic nitrogens is 2. The van der Waals surface area contributed by atoms with E-state index in [4.69, 9.17) is 4.74 Å². The van der Waals surface area contributed by atoms with E-state index in [1.165, 1.54) is 18.3 Å². The molecule has 1 aliphatic rings. The molecule has 2 aromatic heterocycles. The fourth-order valence-corrected chi connectivity index (χ4v) is 3.77. The number of nitrogens with one attached hydrogen (secondary N) is 2. The van der Waals surface area contributed by atoms with E-state index in [1.807, 2.05) is 20.8 Å². The van der Waals surface area contributed by atoms with Crippen LogP contribution in [0.4, 0.5) is 15.0 Å². The fraction of sp³-hybridized carbons (Fsp3) is 0.409. The van der Waals surface area contributed by atoms with Crippen LogP contribution in [0.25, 0.3) is 21.7 Å². The Morgan fingerprint density at radius 2 is 1.97 bits per heavy atom. The van der Waals surface area contributed by atoms with Crippen LogP contribution in [0.15, 0.2) is 35.3 Å². The summed E-state index contributed by atoms with van der Waals surface area (Å²) in [6.07, 6.45) is 2.70. The number of nitrogens with zero attached hydrogens (tertiary/aromatic N) is 2. The van der Waals surface area contributed by atoms with Crippen molar-refractivity contribution in [1.29, 1.82) is 0 Å². The van der Waals surface area contributed by atoms with Crippen LogP contribution in [0.5, 0.6) is 0 Å². The van der Waals surface area contributed by atoms with E-state index < -0.39 is 11.4 Å². The van der Waals surface area contributed by atoms with Gasteiger partial charge in [-0.2, -0.15) is 0 Å². The maximum atomic E-state index is 13.9. The molecule has 3 heterocycles. The molecule has 1 fully saturated rings. The van der Waals surface area contributed by atoms with E-state index in [0.29, 0.717) is 40.6 Å². The Labute approximate surface area is 173 Å². The van der Waals surface area contributed by atoms with Crippen molar-refractivity contribution in [2.45, 2.75) is 45.3 Å². The molecule has 1 saturated heterocycles. The lowest BCUT2D eigenvalue weighted by atomic mass is 10.0. The fourth-order valence-electron chi connectivity index (χ4n) is 3.77. The Morgan fingerprint density at radius 3 is 2.67 bits per heavy atom. The second-order valence-electron chi connectivity index (χ2n) is 8.60. The number of pyridine rings is 2. The number of anilines is 1. The van der Waals surface area contributed by atoms with Crippen molar-refractivity contribution in [2.75, 3.05) is 18.4 Å². The summed E-state index contributed by atoms with van der Waals surface area (Å²) in [7, 11) is 0. The summed E-state index contributed by atoms with van der Waals surface area (Å²) in [5, 5.41) is 5.02. The molecule has 7 nitrogen and oxygen atoms in total. The predicted octanol–water partition coefficient (Wildman–Crippen LogP) is 4.03. The first kappa shape index (κ1) is 20.1. The van der Waals surface area contributed by atoms with Crippen molar-refractivity contribution in [1.82, 2.24) is 14.9 Å². The van der Waals surface area contributed by atoms with Gasteiger partial charge in [0.2, 0.25) is 0 Å². The average molecular weight is 412 g/mol. The highest BCUT2D eigenvalue weighted by Gasteiger charge is 2.27. The molecule has 158 valence electrons. The van der Waals surface area contributed by atoms with Gasteiger partial charge >= 0.3 is 6.09 Å². The maximum Gasteiger partial charge on any atom is 0.410 e. The standard InChI is InChI=1S/C22H25FN4O3/c1-22(2,3)30-21(29)27-10-7-14(8-11-27)25-19-15-5-4-13(23)12-16(15)18-17(26-19)6-9-24-20(18)28/h4-6,9,12,14H,7-8,10-11H2,1-3H3,(H,24,28)(H,25,26). The quantitative estimate of drug-likeness (QED) is 0.621. The van der Waals surface area contributed by atoms with Gasteiger partial charge in [0.05, 0.1) is 10.9 Å². The van der Waals surface area contributed by atoms with Gasteiger partial charge in [0.25, 0.3) is 5.56 Å². The van der Waals surface area contributed by atoms with Gasteiger partial charge in [-0.05, 0) is 57.9 Å². The van der Waals surface area contributed by atoms with Crippen LogP contribution in [0.3, 0.4) is 0 Å². The number of rotatable bonds is 2. The number of piperidine rings is 1. The number of halogens is 1. The zero-order valence-corrected chi connectivity index (χ0v) is 17.3. The predicted molar refractivity (Wildman–Crippen MR) is 114 cm³/mol.